The molecule has 0 N–H and O–H groups in total. The van der Waals surface area contributed by atoms with Gasteiger partial charge in [-0.05, 0) is 56.5 Å². The summed E-state index contributed by atoms with van der Waals surface area (Å²) in [6, 6.07) is 2.75. The SMILES string of the molecule is CCCCCCCCCCOc1cc2c(cc1OC)[C@@H](N(Cc1cc(C(F)(F)F)cc(C(F)(F)F)c1)C(=O)OC)C[C@@H](C)N2C(=O)OCC. The van der Waals surface area contributed by atoms with Crippen LogP contribution in [0.2, 0.25) is 0 Å². The highest BCUT2D eigenvalue weighted by atomic mass is 19.4. The molecule has 1 aliphatic heterocycles. The first-order valence-corrected chi connectivity index (χ1v) is 16.6. The molecular formula is C35H46F6N2O6. The summed E-state index contributed by atoms with van der Waals surface area (Å²) in [7, 11) is 2.47. The number of halogens is 6. The fourth-order valence-corrected chi connectivity index (χ4v) is 6.02. The number of alkyl halides is 6. The Labute approximate surface area is 283 Å². The molecule has 0 bridgehead atoms. The first kappa shape index (κ1) is 39.6. The minimum absolute atomic E-state index is 0.0290. The number of anilines is 1. The van der Waals surface area contributed by atoms with E-state index in [1.807, 2.05) is 0 Å². The van der Waals surface area contributed by atoms with E-state index in [9.17, 15) is 35.9 Å². The van der Waals surface area contributed by atoms with Gasteiger partial charge in [0.1, 0.15) is 0 Å². The quantitative estimate of drug-likeness (QED) is 0.136. The topological polar surface area (TPSA) is 77.5 Å². The van der Waals surface area contributed by atoms with Gasteiger partial charge in [0.2, 0.25) is 0 Å². The summed E-state index contributed by atoms with van der Waals surface area (Å²) in [4.78, 5) is 28.9. The number of benzene rings is 2. The molecule has 0 radical (unpaired) electrons. The fourth-order valence-electron chi connectivity index (χ4n) is 6.02. The number of unbranched alkanes of at least 4 members (excludes halogenated alkanes) is 7. The average molecular weight is 705 g/mol. The van der Waals surface area contributed by atoms with Crippen LogP contribution in [0, 0.1) is 0 Å². The number of carbonyl (C=O) groups is 2. The maximum atomic E-state index is 13.7. The summed E-state index contributed by atoms with van der Waals surface area (Å²) in [6.07, 6.45) is -2.98. The molecule has 2 amide bonds. The molecule has 0 unspecified atom stereocenters. The van der Waals surface area contributed by atoms with Crippen LogP contribution in [0.4, 0.5) is 41.6 Å². The van der Waals surface area contributed by atoms with Crippen molar-refractivity contribution in [3.8, 4) is 11.5 Å². The monoisotopic (exact) mass is 704 g/mol. The van der Waals surface area contributed by atoms with Gasteiger partial charge in [-0.2, -0.15) is 26.3 Å². The van der Waals surface area contributed by atoms with Gasteiger partial charge in [0, 0.05) is 24.2 Å². The van der Waals surface area contributed by atoms with Crippen LogP contribution in [0.3, 0.4) is 0 Å². The van der Waals surface area contributed by atoms with E-state index >= 15 is 0 Å². The number of ether oxygens (including phenoxy) is 4. The normalized spacial score (nSPS) is 16.2. The summed E-state index contributed by atoms with van der Waals surface area (Å²) in [5.74, 6) is 0.591. The van der Waals surface area contributed by atoms with Gasteiger partial charge < -0.3 is 18.9 Å². The minimum atomic E-state index is -5.07. The summed E-state index contributed by atoms with van der Waals surface area (Å²) in [5.41, 5.74) is -2.79. The lowest BCUT2D eigenvalue weighted by molar-refractivity contribution is -0.143. The molecule has 2 aromatic carbocycles. The predicted octanol–water partition coefficient (Wildman–Crippen LogP) is 10.3. The standard InChI is InChI=1S/C35H46F6N2O6/c1-6-8-9-10-11-12-13-14-15-49-31-21-29-27(20-30(31)46-4)28(16-23(3)43(29)33(45)48-7-2)42(32(44)47-5)22-24-17-25(34(36,37)38)19-26(18-24)35(39,40)41/h17-21,23,28H,6-16,22H2,1-5H3/t23-,28+/m1/s1. The molecule has 0 saturated carbocycles. The lowest BCUT2D eigenvalue weighted by atomic mass is 9.90. The van der Waals surface area contributed by atoms with E-state index < -0.39 is 59.9 Å². The number of amides is 2. The summed E-state index contributed by atoms with van der Waals surface area (Å²) in [5, 5.41) is 0. The van der Waals surface area contributed by atoms with Crippen molar-refractivity contribution in [1.29, 1.82) is 0 Å². The summed E-state index contributed by atoms with van der Waals surface area (Å²) in [6.45, 7) is 5.30. The van der Waals surface area contributed by atoms with Crippen LogP contribution in [0.15, 0.2) is 30.3 Å². The van der Waals surface area contributed by atoms with Crippen LogP contribution in [0.1, 0.15) is 107 Å². The third-order valence-electron chi connectivity index (χ3n) is 8.44. The van der Waals surface area contributed by atoms with Gasteiger partial charge in [-0.15, -0.1) is 0 Å². The molecule has 1 aliphatic rings. The fraction of sp³-hybridized carbons (Fsp3) is 0.600. The van der Waals surface area contributed by atoms with Gasteiger partial charge in [-0.1, -0.05) is 51.9 Å². The van der Waals surface area contributed by atoms with Crippen molar-refractivity contribution in [3.63, 3.8) is 0 Å². The van der Waals surface area contributed by atoms with Gasteiger partial charge in [0.05, 0.1) is 50.3 Å². The molecule has 2 aromatic rings. The second-order valence-electron chi connectivity index (χ2n) is 12.1. The third kappa shape index (κ3) is 10.6. The van der Waals surface area contributed by atoms with Crippen LogP contribution in [-0.2, 0) is 28.4 Å². The Hall–Kier alpha value is -3.84. The number of fused-ring (bicyclic) bond motifs is 1. The molecule has 0 saturated heterocycles. The Balaban J connectivity index is 2.02. The zero-order chi connectivity index (χ0) is 36.4. The van der Waals surface area contributed by atoms with Crippen molar-refractivity contribution in [2.75, 3.05) is 32.3 Å². The molecule has 1 heterocycles. The van der Waals surface area contributed by atoms with E-state index in [0.717, 1.165) is 37.7 Å². The van der Waals surface area contributed by atoms with E-state index in [0.29, 0.717) is 35.7 Å². The lowest BCUT2D eigenvalue weighted by Gasteiger charge is -2.42. The average Bonchev–Trinajstić information content (AvgIpc) is 3.04. The van der Waals surface area contributed by atoms with Crippen molar-refractivity contribution >= 4 is 17.9 Å². The van der Waals surface area contributed by atoms with Crippen molar-refractivity contribution in [1.82, 2.24) is 4.90 Å². The number of carbonyl (C=O) groups excluding carboxylic acids is 2. The maximum Gasteiger partial charge on any atom is 0.416 e. The van der Waals surface area contributed by atoms with Crippen molar-refractivity contribution in [2.45, 2.75) is 110 Å². The number of hydrogen-bond donors (Lipinski definition) is 0. The molecule has 2 atom stereocenters. The summed E-state index contributed by atoms with van der Waals surface area (Å²) >= 11 is 0. The molecule has 0 aromatic heterocycles. The van der Waals surface area contributed by atoms with Gasteiger partial charge >= 0.3 is 24.5 Å². The van der Waals surface area contributed by atoms with Crippen LogP contribution < -0.4 is 14.4 Å². The third-order valence-corrected chi connectivity index (χ3v) is 8.44. The summed E-state index contributed by atoms with van der Waals surface area (Å²) < 4.78 is 104. The Bertz CT molecular complexity index is 1370. The molecular weight excluding hydrogens is 658 g/mol. The number of rotatable bonds is 15. The zero-order valence-corrected chi connectivity index (χ0v) is 28.6. The lowest BCUT2D eigenvalue weighted by Crippen LogP contribution is -2.47. The van der Waals surface area contributed by atoms with Gasteiger partial charge in [-0.25, -0.2) is 9.59 Å². The Morgan fingerprint density at radius 1 is 0.837 bits per heavy atom. The van der Waals surface area contributed by atoms with E-state index in [1.165, 1.54) is 37.7 Å². The molecule has 49 heavy (non-hydrogen) atoms. The molecule has 0 aliphatic carbocycles. The van der Waals surface area contributed by atoms with Crippen molar-refractivity contribution in [2.24, 2.45) is 0 Å². The van der Waals surface area contributed by atoms with E-state index in [1.54, 1.807) is 26.0 Å². The highest BCUT2D eigenvalue weighted by Crippen LogP contribution is 2.47. The molecule has 0 fully saturated rings. The van der Waals surface area contributed by atoms with Crippen LogP contribution in [-0.4, -0.2) is 50.6 Å². The Morgan fingerprint density at radius 2 is 1.43 bits per heavy atom. The van der Waals surface area contributed by atoms with Gasteiger partial charge in [-0.3, -0.25) is 9.80 Å². The highest BCUT2D eigenvalue weighted by Gasteiger charge is 2.42. The first-order chi connectivity index (χ1) is 23.2. The number of methoxy groups -OCH3 is 2. The van der Waals surface area contributed by atoms with Crippen LogP contribution in [0.5, 0.6) is 11.5 Å². The predicted molar refractivity (Wildman–Crippen MR) is 172 cm³/mol. The Morgan fingerprint density at radius 3 is 1.96 bits per heavy atom. The molecule has 14 heteroatoms. The largest absolute Gasteiger partial charge is 0.493 e. The Kier molecular flexibility index (Phi) is 14.3. The second-order valence-corrected chi connectivity index (χ2v) is 12.1. The van der Waals surface area contributed by atoms with E-state index in [-0.39, 0.29) is 24.8 Å². The second kappa shape index (κ2) is 17.7. The minimum Gasteiger partial charge on any atom is -0.493 e. The number of hydrogen-bond acceptors (Lipinski definition) is 6. The molecule has 3 rings (SSSR count). The van der Waals surface area contributed by atoms with Crippen molar-refractivity contribution < 1.29 is 54.9 Å². The maximum absolute atomic E-state index is 13.7. The van der Waals surface area contributed by atoms with Crippen molar-refractivity contribution in [3.05, 3.63) is 52.6 Å². The molecule has 0 spiro atoms. The van der Waals surface area contributed by atoms with Gasteiger partial charge in [0.15, 0.2) is 11.5 Å². The smallest absolute Gasteiger partial charge is 0.416 e. The van der Waals surface area contributed by atoms with E-state index in [4.69, 9.17) is 18.9 Å². The van der Waals surface area contributed by atoms with Crippen LogP contribution in [0.25, 0.3) is 0 Å². The highest BCUT2D eigenvalue weighted by molar-refractivity contribution is 5.91. The molecule has 274 valence electrons. The number of nitrogens with zero attached hydrogens (tertiary/aromatic N) is 2. The first-order valence-electron chi connectivity index (χ1n) is 16.6. The van der Waals surface area contributed by atoms with Gasteiger partial charge in [0.25, 0.3) is 0 Å². The van der Waals surface area contributed by atoms with E-state index in [2.05, 4.69) is 6.92 Å². The van der Waals surface area contributed by atoms with Crippen LogP contribution >= 0.6 is 0 Å². The molecule has 8 nitrogen and oxygen atoms in total. The zero-order valence-electron chi connectivity index (χ0n) is 28.6.